The van der Waals surface area contributed by atoms with E-state index in [1.165, 1.54) is 50.9 Å². The van der Waals surface area contributed by atoms with Crippen LogP contribution < -0.4 is 10.2 Å². The minimum atomic E-state index is 0.770. The molecule has 0 aromatic heterocycles. The quantitative estimate of drug-likeness (QED) is 0.879. The number of rotatable bonds is 3. The Morgan fingerprint density at radius 1 is 1.17 bits per heavy atom. The zero-order valence-electron chi connectivity index (χ0n) is 11.4. The van der Waals surface area contributed by atoms with Crippen LogP contribution >= 0.6 is 0 Å². The Bertz CT molecular complexity index is 394. The summed E-state index contributed by atoms with van der Waals surface area (Å²) in [4.78, 5) is 2.61. The van der Waals surface area contributed by atoms with E-state index in [1.54, 1.807) is 5.56 Å². The lowest BCUT2D eigenvalue weighted by Crippen LogP contribution is -2.35. The summed E-state index contributed by atoms with van der Waals surface area (Å²) < 4.78 is 0. The van der Waals surface area contributed by atoms with Crippen LogP contribution in [0.15, 0.2) is 24.3 Å². The molecule has 18 heavy (non-hydrogen) atoms. The number of hydrogen-bond acceptors (Lipinski definition) is 2. The summed E-state index contributed by atoms with van der Waals surface area (Å²) in [6.45, 7) is 2.50. The monoisotopic (exact) mass is 244 g/mol. The third-order valence-electron chi connectivity index (χ3n) is 4.72. The normalized spacial score (nSPS) is 27.3. The smallest absolute Gasteiger partial charge is 0.0399 e. The maximum atomic E-state index is 3.42. The average Bonchev–Trinajstić information content (AvgIpc) is 2.83. The van der Waals surface area contributed by atoms with Gasteiger partial charge in [0.25, 0.3) is 0 Å². The number of benzene rings is 1. The fourth-order valence-electron chi connectivity index (χ4n) is 3.54. The second-order valence-corrected chi connectivity index (χ2v) is 5.83. The third-order valence-corrected chi connectivity index (χ3v) is 4.72. The maximum Gasteiger partial charge on any atom is 0.0399 e. The molecule has 0 atom stereocenters. The van der Waals surface area contributed by atoms with Gasteiger partial charge < -0.3 is 10.2 Å². The zero-order valence-corrected chi connectivity index (χ0v) is 11.4. The second kappa shape index (κ2) is 5.31. The molecule has 2 nitrogen and oxygen atoms in total. The lowest BCUT2D eigenvalue weighted by molar-refractivity contribution is 0.304. The van der Waals surface area contributed by atoms with E-state index in [2.05, 4.69) is 41.5 Å². The lowest BCUT2D eigenvalue weighted by atomic mass is 9.86. The van der Waals surface area contributed by atoms with Crippen molar-refractivity contribution in [2.75, 3.05) is 25.0 Å². The molecular formula is C16H24N2. The first kappa shape index (κ1) is 12.0. The Morgan fingerprint density at radius 3 is 2.72 bits per heavy atom. The molecule has 1 fully saturated rings. The fraction of sp³-hybridized carbons (Fsp3) is 0.625. The summed E-state index contributed by atoms with van der Waals surface area (Å²) in [6.07, 6.45) is 6.74. The van der Waals surface area contributed by atoms with Crippen LogP contribution in [-0.4, -0.2) is 26.2 Å². The molecule has 3 rings (SSSR count). The van der Waals surface area contributed by atoms with Gasteiger partial charge in [0, 0.05) is 24.8 Å². The van der Waals surface area contributed by atoms with Crippen molar-refractivity contribution < 1.29 is 0 Å². The van der Waals surface area contributed by atoms with Gasteiger partial charge >= 0.3 is 0 Å². The minimum absolute atomic E-state index is 0.770. The van der Waals surface area contributed by atoms with Gasteiger partial charge in [-0.3, -0.25) is 0 Å². The first-order valence-electron chi connectivity index (χ1n) is 7.37. The fourth-order valence-corrected chi connectivity index (χ4v) is 3.54. The molecule has 0 saturated heterocycles. The van der Waals surface area contributed by atoms with Crippen LogP contribution in [0.25, 0.3) is 0 Å². The molecule has 1 aromatic rings. The highest BCUT2D eigenvalue weighted by atomic mass is 15.1. The molecule has 0 bridgehead atoms. The average molecular weight is 244 g/mol. The van der Waals surface area contributed by atoms with E-state index in [0.29, 0.717) is 0 Å². The van der Waals surface area contributed by atoms with Gasteiger partial charge in [-0.15, -0.1) is 0 Å². The molecule has 1 saturated carbocycles. The molecule has 2 heteroatoms. The Balaban J connectivity index is 1.59. The molecule has 98 valence electrons. The van der Waals surface area contributed by atoms with Crippen LogP contribution in [0, 0.1) is 5.92 Å². The lowest BCUT2D eigenvalue weighted by Gasteiger charge is -2.32. The minimum Gasteiger partial charge on any atom is -0.371 e. The van der Waals surface area contributed by atoms with Crippen LogP contribution in [0.2, 0.25) is 0 Å². The predicted octanol–water partition coefficient (Wildman–Crippen LogP) is 2.83. The van der Waals surface area contributed by atoms with E-state index in [9.17, 15) is 0 Å². The number of para-hydroxylation sites is 1. The van der Waals surface area contributed by atoms with E-state index in [4.69, 9.17) is 0 Å². The molecule has 1 aliphatic carbocycles. The SMILES string of the molecule is CNC1CCC(CN2CCc3ccccc32)CC1. The Labute approximate surface area is 110 Å². The van der Waals surface area contributed by atoms with Crippen molar-refractivity contribution in [2.45, 2.75) is 38.1 Å². The van der Waals surface area contributed by atoms with Gasteiger partial charge in [0.05, 0.1) is 0 Å². The van der Waals surface area contributed by atoms with E-state index in [0.717, 1.165) is 12.0 Å². The van der Waals surface area contributed by atoms with E-state index < -0.39 is 0 Å². The molecule has 0 amide bonds. The van der Waals surface area contributed by atoms with Crippen molar-refractivity contribution in [2.24, 2.45) is 5.92 Å². The summed E-state index contributed by atoms with van der Waals surface area (Å²) in [6, 6.07) is 9.69. The number of nitrogens with zero attached hydrogens (tertiary/aromatic N) is 1. The van der Waals surface area contributed by atoms with Gasteiger partial charge in [-0.25, -0.2) is 0 Å². The van der Waals surface area contributed by atoms with Crippen LogP contribution in [0.4, 0.5) is 5.69 Å². The van der Waals surface area contributed by atoms with E-state index >= 15 is 0 Å². The van der Waals surface area contributed by atoms with Crippen LogP contribution in [0.3, 0.4) is 0 Å². The highest BCUT2D eigenvalue weighted by molar-refractivity contribution is 5.57. The molecular weight excluding hydrogens is 220 g/mol. The Hall–Kier alpha value is -1.02. The maximum absolute atomic E-state index is 3.42. The summed E-state index contributed by atoms with van der Waals surface area (Å²) in [7, 11) is 2.10. The molecule has 1 N–H and O–H groups in total. The van der Waals surface area contributed by atoms with Crippen LogP contribution in [-0.2, 0) is 6.42 Å². The van der Waals surface area contributed by atoms with E-state index in [1.807, 2.05) is 0 Å². The van der Waals surface area contributed by atoms with Crippen molar-refractivity contribution in [3.8, 4) is 0 Å². The molecule has 1 heterocycles. The molecule has 1 aromatic carbocycles. The first-order chi connectivity index (χ1) is 8.86. The van der Waals surface area contributed by atoms with Crippen molar-refractivity contribution in [3.05, 3.63) is 29.8 Å². The first-order valence-corrected chi connectivity index (χ1v) is 7.37. The number of hydrogen-bond donors (Lipinski definition) is 1. The van der Waals surface area contributed by atoms with Gasteiger partial charge in [-0.1, -0.05) is 18.2 Å². The van der Waals surface area contributed by atoms with Gasteiger partial charge in [-0.05, 0) is 56.7 Å². The van der Waals surface area contributed by atoms with Gasteiger partial charge in [0.2, 0.25) is 0 Å². The summed E-state index contributed by atoms with van der Waals surface area (Å²) in [5, 5.41) is 3.42. The summed E-state index contributed by atoms with van der Waals surface area (Å²) >= 11 is 0. The summed E-state index contributed by atoms with van der Waals surface area (Å²) in [5.74, 6) is 0.903. The van der Waals surface area contributed by atoms with Gasteiger partial charge in [0.1, 0.15) is 0 Å². The zero-order chi connectivity index (χ0) is 12.4. The van der Waals surface area contributed by atoms with Crippen LogP contribution in [0.1, 0.15) is 31.2 Å². The second-order valence-electron chi connectivity index (χ2n) is 5.83. The van der Waals surface area contributed by atoms with Crippen molar-refractivity contribution >= 4 is 5.69 Å². The van der Waals surface area contributed by atoms with Crippen molar-refractivity contribution in [3.63, 3.8) is 0 Å². The standard InChI is InChI=1S/C16H24N2/c1-17-15-8-6-13(7-9-15)12-18-11-10-14-4-2-3-5-16(14)18/h2-5,13,15,17H,6-12H2,1H3. The molecule has 0 radical (unpaired) electrons. The molecule has 0 spiro atoms. The third kappa shape index (κ3) is 2.39. The van der Waals surface area contributed by atoms with Gasteiger partial charge in [0.15, 0.2) is 0 Å². The highest BCUT2D eigenvalue weighted by Crippen LogP contribution is 2.31. The van der Waals surface area contributed by atoms with Crippen molar-refractivity contribution in [1.82, 2.24) is 5.32 Å². The predicted molar refractivity (Wildman–Crippen MR) is 77.2 cm³/mol. The number of fused-ring (bicyclic) bond motifs is 1. The summed E-state index contributed by atoms with van der Waals surface area (Å²) in [5.41, 5.74) is 3.04. The van der Waals surface area contributed by atoms with Gasteiger partial charge in [-0.2, -0.15) is 0 Å². The topological polar surface area (TPSA) is 15.3 Å². The largest absolute Gasteiger partial charge is 0.371 e. The molecule has 0 unspecified atom stereocenters. The Kier molecular flexibility index (Phi) is 3.55. The molecule has 2 aliphatic rings. The molecule has 1 aliphatic heterocycles. The number of nitrogens with one attached hydrogen (secondary N) is 1. The highest BCUT2D eigenvalue weighted by Gasteiger charge is 2.25. The number of anilines is 1. The Morgan fingerprint density at radius 2 is 1.94 bits per heavy atom. The van der Waals surface area contributed by atoms with Crippen molar-refractivity contribution in [1.29, 1.82) is 0 Å². The van der Waals surface area contributed by atoms with E-state index in [-0.39, 0.29) is 0 Å². The van der Waals surface area contributed by atoms with Crippen LogP contribution in [0.5, 0.6) is 0 Å².